The van der Waals surface area contributed by atoms with Gasteiger partial charge in [0.2, 0.25) is 5.91 Å². The van der Waals surface area contributed by atoms with E-state index in [1.165, 1.54) is 0 Å². The normalized spacial score (nSPS) is 18.1. The minimum absolute atomic E-state index is 0.247. The predicted molar refractivity (Wildman–Crippen MR) is 66.4 cm³/mol. The van der Waals surface area contributed by atoms with E-state index < -0.39 is 0 Å². The highest BCUT2D eigenvalue weighted by molar-refractivity contribution is 5.78. The summed E-state index contributed by atoms with van der Waals surface area (Å²) in [5.41, 5.74) is 0. The molecule has 0 aromatic rings. The van der Waals surface area contributed by atoms with Crippen LogP contribution in [0.2, 0.25) is 0 Å². The van der Waals surface area contributed by atoms with Crippen molar-refractivity contribution in [3.05, 3.63) is 0 Å². The van der Waals surface area contributed by atoms with Crippen molar-refractivity contribution >= 4 is 5.91 Å². The van der Waals surface area contributed by atoms with E-state index in [9.17, 15) is 4.79 Å². The Labute approximate surface area is 99.0 Å². The van der Waals surface area contributed by atoms with Crippen LogP contribution in [0.3, 0.4) is 0 Å². The van der Waals surface area contributed by atoms with Gasteiger partial charge in [-0.2, -0.15) is 0 Å². The van der Waals surface area contributed by atoms with Crippen molar-refractivity contribution in [2.75, 3.05) is 46.3 Å². The zero-order valence-corrected chi connectivity index (χ0v) is 10.8. The zero-order valence-electron chi connectivity index (χ0n) is 10.8. The first-order valence-corrected chi connectivity index (χ1v) is 6.26. The molecular weight excluding hydrogens is 202 g/mol. The second-order valence-electron chi connectivity index (χ2n) is 5.04. The van der Waals surface area contributed by atoms with Crippen LogP contribution >= 0.6 is 0 Å². The molecule has 4 heteroatoms. The Morgan fingerprint density at radius 2 is 1.88 bits per heavy atom. The van der Waals surface area contributed by atoms with Crippen LogP contribution in [0.25, 0.3) is 0 Å². The second kappa shape index (κ2) is 6.86. The monoisotopic (exact) mass is 227 g/mol. The molecule has 1 aliphatic heterocycles. The summed E-state index contributed by atoms with van der Waals surface area (Å²) in [5.74, 6) is 0.947. The average molecular weight is 227 g/mol. The Balaban J connectivity index is 2.10. The molecule has 1 amide bonds. The number of hydrogen-bond acceptors (Lipinski definition) is 3. The van der Waals surface area contributed by atoms with Crippen LogP contribution in [0.15, 0.2) is 0 Å². The van der Waals surface area contributed by atoms with E-state index in [2.05, 4.69) is 31.1 Å². The third-order valence-electron chi connectivity index (χ3n) is 3.03. The van der Waals surface area contributed by atoms with Gasteiger partial charge in [-0.3, -0.25) is 4.79 Å². The summed E-state index contributed by atoms with van der Waals surface area (Å²) in [6.07, 6.45) is 1.13. The van der Waals surface area contributed by atoms with Gasteiger partial charge < -0.3 is 15.1 Å². The molecule has 1 heterocycles. The smallest absolute Gasteiger partial charge is 0.236 e. The number of nitrogens with one attached hydrogen (secondary N) is 1. The number of nitrogens with zero attached hydrogens (tertiary/aromatic N) is 2. The van der Waals surface area contributed by atoms with Crippen molar-refractivity contribution in [2.24, 2.45) is 5.92 Å². The van der Waals surface area contributed by atoms with Gasteiger partial charge in [0.25, 0.3) is 0 Å². The largest absolute Gasteiger partial charge is 0.339 e. The predicted octanol–water partition coefficient (Wildman–Crippen LogP) is 0.396. The molecular formula is C12H25N3O. The summed E-state index contributed by atoms with van der Waals surface area (Å²) in [7, 11) is 2.10. The molecule has 1 N–H and O–H groups in total. The molecule has 94 valence electrons. The van der Waals surface area contributed by atoms with Gasteiger partial charge in [0, 0.05) is 26.2 Å². The van der Waals surface area contributed by atoms with Gasteiger partial charge in [0.1, 0.15) is 0 Å². The molecule has 1 fully saturated rings. The SMILES string of the molecule is CC(C)CCNCC(=O)N1CCN(C)CC1. The quantitative estimate of drug-likeness (QED) is 0.690. The molecule has 0 radical (unpaired) electrons. The van der Waals surface area contributed by atoms with Crippen molar-refractivity contribution in [1.29, 1.82) is 0 Å². The molecule has 16 heavy (non-hydrogen) atoms. The highest BCUT2D eigenvalue weighted by atomic mass is 16.2. The van der Waals surface area contributed by atoms with Crippen molar-refractivity contribution < 1.29 is 4.79 Å². The fourth-order valence-electron chi connectivity index (χ4n) is 1.75. The fourth-order valence-corrected chi connectivity index (χ4v) is 1.75. The van der Waals surface area contributed by atoms with Crippen LogP contribution in [0.4, 0.5) is 0 Å². The highest BCUT2D eigenvalue weighted by Gasteiger charge is 2.18. The summed E-state index contributed by atoms with van der Waals surface area (Å²) in [6, 6.07) is 0. The molecule has 0 aliphatic carbocycles. The summed E-state index contributed by atoms with van der Waals surface area (Å²) in [4.78, 5) is 16.0. The average Bonchev–Trinajstić information content (AvgIpc) is 2.25. The number of carbonyl (C=O) groups excluding carboxylic acids is 1. The van der Waals surface area contributed by atoms with Gasteiger partial charge in [-0.1, -0.05) is 13.8 Å². The molecule has 0 atom stereocenters. The van der Waals surface area contributed by atoms with Gasteiger partial charge in [-0.25, -0.2) is 0 Å². The number of rotatable bonds is 5. The minimum Gasteiger partial charge on any atom is -0.339 e. The molecule has 1 saturated heterocycles. The van der Waals surface area contributed by atoms with E-state index in [4.69, 9.17) is 0 Å². The Morgan fingerprint density at radius 1 is 1.25 bits per heavy atom. The number of likely N-dealkylation sites (N-methyl/N-ethyl adjacent to an activating group) is 1. The number of hydrogen-bond donors (Lipinski definition) is 1. The van der Waals surface area contributed by atoms with Gasteiger partial charge in [-0.05, 0) is 25.9 Å². The van der Waals surface area contributed by atoms with Gasteiger partial charge in [-0.15, -0.1) is 0 Å². The van der Waals surface area contributed by atoms with Crippen LogP contribution in [0, 0.1) is 5.92 Å². The molecule has 0 spiro atoms. The maximum atomic E-state index is 11.8. The fraction of sp³-hybridized carbons (Fsp3) is 0.917. The standard InChI is InChI=1S/C12H25N3O/c1-11(2)4-5-13-10-12(16)15-8-6-14(3)7-9-15/h11,13H,4-10H2,1-3H3. The first-order valence-electron chi connectivity index (χ1n) is 6.26. The van der Waals surface area contributed by atoms with E-state index in [1.54, 1.807) is 0 Å². The van der Waals surface area contributed by atoms with Crippen molar-refractivity contribution in [3.8, 4) is 0 Å². The first kappa shape index (κ1) is 13.5. The lowest BCUT2D eigenvalue weighted by atomic mass is 10.1. The molecule has 1 rings (SSSR count). The lowest BCUT2D eigenvalue weighted by Crippen LogP contribution is -2.49. The van der Waals surface area contributed by atoms with Crippen LogP contribution in [-0.2, 0) is 4.79 Å². The van der Waals surface area contributed by atoms with E-state index in [0.717, 1.165) is 39.1 Å². The maximum Gasteiger partial charge on any atom is 0.236 e. The summed E-state index contributed by atoms with van der Waals surface area (Å²) in [5, 5.41) is 3.22. The Kier molecular flexibility index (Phi) is 5.77. The van der Waals surface area contributed by atoms with Crippen molar-refractivity contribution in [2.45, 2.75) is 20.3 Å². The minimum atomic E-state index is 0.247. The van der Waals surface area contributed by atoms with Gasteiger partial charge >= 0.3 is 0 Å². The van der Waals surface area contributed by atoms with Crippen LogP contribution in [0.1, 0.15) is 20.3 Å². The third-order valence-corrected chi connectivity index (χ3v) is 3.03. The molecule has 0 unspecified atom stereocenters. The van der Waals surface area contributed by atoms with Crippen molar-refractivity contribution in [1.82, 2.24) is 15.1 Å². The van der Waals surface area contributed by atoms with E-state index in [1.807, 2.05) is 4.90 Å². The van der Waals surface area contributed by atoms with Crippen molar-refractivity contribution in [3.63, 3.8) is 0 Å². The lowest BCUT2D eigenvalue weighted by Gasteiger charge is -2.32. The topological polar surface area (TPSA) is 35.6 Å². The number of amides is 1. The summed E-state index contributed by atoms with van der Waals surface area (Å²) >= 11 is 0. The van der Waals surface area contributed by atoms with Crippen LogP contribution in [0.5, 0.6) is 0 Å². The summed E-state index contributed by atoms with van der Waals surface area (Å²) in [6.45, 7) is 9.58. The van der Waals surface area contributed by atoms with E-state index in [0.29, 0.717) is 12.5 Å². The Bertz CT molecular complexity index is 210. The zero-order chi connectivity index (χ0) is 12.0. The highest BCUT2D eigenvalue weighted by Crippen LogP contribution is 1.99. The first-order chi connectivity index (χ1) is 7.59. The summed E-state index contributed by atoms with van der Waals surface area (Å²) < 4.78 is 0. The van der Waals surface area contributed by atoms with E-state index >= 15 is 0 Å². The number of piperazine rings is 1. The molecule has 0 bridgehead atoms. The molecule has 0 saturated carbocycles. The molecule has 4 nitrogen and oxygen atoms in total. The molecule has 1 aliphatic rings. The maximum absolute atomic E-state index is 11.8. The third kappa shape index (κ3) is 4.94. The molecule has 0 aromatic carbocycles. The van der Waals surface area contributed by atoms with Crippen LogP contribution < -0.4 is 5.32 Å². The van der Waals surface area contributed by atoms with Crippen LogP contribution in [-0.4, -0.2) is 62.0 Å². The van der Waals surface area contributed by atoms with E-state index in [-0.39, 0.29) is 5.91 Å². The Hall–Kier alpha value is -0.610. The Morgan fingerprint density at radius 3 is 2.44 bits per heavy atom. The number of carbonyl (C=O) groups is 1. The second-order valence-corrected chi connectivity index (χ2v) is 5.04. The lowest BCUT2D eigenvalue weighted by molar-refractivity contribution is -0.131. The molecule has 0 aromatic heterocycles. The van der Waals surface area contributed by atoms with Gasteiger partial charge in [0.15, 0.2) is 0 Å². The van der Waals surface area contributed by atoms with Gasteiger partial charge in [0.05, 0.1) is 6.54 Å².